The van der Waals surface area contributed by atoms with Gasteiger partial charge in [-0.15, -0.1) is 0 Å². The molecule has 1 aliphatic heterocycles. The molecule has 0 aliphatic carbocycles. The maximum absolute atomic E-state index is 12.7. The van der Waals surface area contributed by atoms with Gasteiger partial charge in [-0.25, -0.2) is 8.42 Å². The molecule has 4 heteroatoms. The Hall–Kier alpha value is -2.33. The minimum Gasteiger partial charge on any atom is -0.353 e. The molecule has 0 unspecified atom stereocenters. The second-order valence-corrected chi connectivity index (χ2v) is 7.45. The molecule has 0 atom stereocenters. The monoisotopic (exact) mass is 311 g/mol. The highest BCUT2D eigenvalue weighted by Gasteiger charge is 2.29. The zero-order valence-electron chi connectivity index (χ0n) is 12.5. The van der Waals surface area contributed by atoms with Crippen molar-refractivity contribution in [3.8, 4) is 0 Å². The summed E-state index contributed by atoms with van der Waals surface area (Å²) in [6.45, 7) is 3.30. The van der Waals surface area contributed by atoms with Crippen molar-refractivity contribution in [1.82, 2.24) is 5.32 Å². The van der Waals surface area contributed by atoms with Crippen LogP contribution >= 0.6 is 0 Å². The molecule has 0 aromatic heterocycles. The van der Waals surface area contributed by atoms with Gasteiger partial charge in [-0.2, -0.15) is 0 Å². The van der Waals surface area contributed by atoms with E-state index >= 15 is 0 Å². The normalized spacial score (nSPS) is 17.4. The molecule has 2 aromatic carbocycles. The highest BCUT2D eigenvalue weighted by molar-refractivity contribution is 7.99. The molecule has 1 N–H and O–H groups in total. The summed E-state index contributed by atoms with van der Waals surface area (Å²) in [5.41, 5.74) is 3.02. The first-order valence-electron chi connectivity index (χ1n) is 7.06. The van der Waals surface area contributed by atoms with Crippen LogP contribution in [0.15, 0.2) is 70.5 Å². The molecule has 0 bridgehead atoms. The van der Waals surface area contributed by atoms with Gasteiger partial charge in [0.1, 0.15) is 0 Å². The third-order valence-electron chi connectivity index (χ3n) is 3.89. The molecule has 3 nitrogen and oxygen atoms in total. The Kier molecular flexibility index (Phi) is 3.62. The van der Waals surface area contributed by atoms with Crippen LogP contribution in [0.3, 0.4) is 0 Å². The fraction of sp³-hybridized carbons (Fsp3) is 0.111. The van der Waals surface area contributed by atoms with Crippen LogP contribution in [0.5, 0.6) is 0 Å². The number of rotatable bonds is 2. The SMILES string of the molecule is CC1=C(c2ccccc2)NC(c2ccccc2)=C(C)S1(=O)=O. The molecule has 3 rings (SSSR count). The molecular weight excluding hydrogens is 294 g/mol. The number of nitrogens with one attached hydrogen (secondary N) is 1. The van der Waals surface area contributed by atoms with Gasteiger partial charge in [0, 0.05) is 0 Å². The summed E-state index contributed by atoms with van der Waals surface area (Å²) in [4.78, 5) is 0.715. The molecule has 0 spiro atoms. The van der Waals surface area contributed by atoms with E-state index in [-0.39, 0.29) is 0 Å². The predicted molar refractivity (Wildman–Crippen MR) is 90.1 cm³/mol. The number of hydrogen-bond acceptors (Lipinski definition) is 3. The van der Waals surface area contributed by atoms with Gasteiger partial charge in [0.2, 0.25) is 9.84 Å². The van der Waals surface area contributed by atoms with Crippen molar-refractivity contribution < 1.29 is 8.42 Å². The fourth-order valence-electron chi connectivity index (χ4n) is 2.56. The summed E-state index contributed by atoms with van der Waals surface area (Å²) in [6, 6.07) is 19.1. The zero-order valence-corrected chi connectivity index (χ0v) is 13.3. The fourth-order valence-corrected chi connectivity index (χ4v) is 3.89. The van der Waals surface area contributed by atoms with Crippen LogP contribution in [-0.4, -0.2) is 8.42 Å². The van der Waals surface area contributed by atoms with Crippen LogP contribution in [0.4, 0.5) is 0 Å². The van der Waals surface area contributed by atoms with Crippen molar-refractivity contribution in [2.45, 2.75) is 13.8 Å². The largest absolute Gasteiger partial charge is 0.353 e. The van der Waals surface area contributed by atoms with Crippen molar-refractivity contribution in [2.24, 2.45) is 0 Å². The summed E-state index contributed by atoms with van der Waals surface area (Å²) in [7, 11) is -3.44. The van der Waals surface area contributed by atoms with Crippen LogP contribution < -0.4 is 5.32 Å². The first-order valence-corrected chi connectivity index (χ1v) is 8.55. The molecule has 0 amide bonds. The third kappa shape index (κ3) is 2.35. The molecular formula is C18H17NO2S. The van der Waals surface area contributed by atoms with Crippen molar-refractivity contribution in [3.05, 3.63) is 81.6 Å². The summed E-state index contributed by atoms with van der Waals surface area (Å²) >= 11 is 0. The van der Waals surface area contributed by atoms with Gasteiger partial charge in [-0.05, 0) is 25.0 Å². The second-order valence-electron chi connectivity index (χ2n) is 5.22. The average Bonchev–Trinajstić information content (AvgIpc) is 2.55. The van der Waals surface area contributed by atoms with E-state index in [9.17, 15) is 8.42 Å². The summed E-state index contributed by atoms with van der Waals surface area (Å²) in [6.07, 6.45) is 0. The van der Waals surface area contributed by atoms with Crippen molar-refractivity contribution in [1.29, 1.82) is 0 Å². The van der Waals surface area contributed by atoms with Crippen LogP contribution in [-0.2, 0) is 9.84 Å². The van der Waals surface area contributed by atoms with E-state index in [0.29, 0.717) is 21.2 Å². The van der Waals surface area contributed by atoms with E-state index in [1.165, 1.54) is 0 Å². The first-order chi connectivity index (χ1) is 10.5. The van der Waals surface area contributed by atoms with Gasteiger partial charge in [-0.3, -0.25) is 0 Å². The Morgan fingerprint density at radius 3 is 1.41 bits per heavy atom. The van der Waals surface area contributed by atoms with Crippen LogP contribution in [0.1, 0.15) is 25.0 Å². The lowest BCUT2D eigenvalue weighted by Crippen LogP contribution is -2.24. The Labute approximate surface area is 130 Å². The highest BCUT2D eigenvalue weighted by Crippen LogP contribution is 2.34. The molecule has 22 heavy (non-hydrogen) atoms. The third-order valence-corrected chi connectivity index (χ3v) is 5.91. The molecule has 2 aromatic rings. The Bertz CT molecular complexity index is 796. The Morgan fingerprint density at radius 2 is 1.05 bits per heavy atom. The minimum absolute atomic E-state index is 0.357. The smallest absolute Gasteiger partial charge is 0.202 e. The quantitative estimate of drug-likeness (QED) is 0.918. The van der Waals surface area contributed by atoms with Crippen molar-refractivity contribution >= 4 is 21.2 Å². The Balaban J connectivity index is 2.19. The molecule has 0 radical (unpaired) electrons. The van der Waals surface area contributed by atoms with Gasteiger partial charge in [-0.1, -0.05) is 60.7 Å². The number of hydrogen-bond donors (Lipinski definition) is 1. The second kappa shape index (κ2) is 5.46. The topological polar surface area (TPSA) is 46.2 Å². The van der Waals surface area contributed by atoms with Gasteiger partial charge in [0.05, 0.1) is 21.2 Å². The minimum atomic E-state index is -3.44. The van der Waals surface area contributed by atoms with Gasteiger partial charge >= 0.3 is 0 Å². The summed E-state index contributed by atoms with van der Waals surface area (Å²) < 4.78 is 25.4. The van der Waals surface area contributed by atoms with Crippen molar-refractivity contribution in [2.75, 3.05) is 0 Å². The first kappa shape index (κ1) is 14.6. The molecule has 112 valence electrons. The predicted octanol–water partition coefficient (Wildman–Crippen LogP) is 3.78. The summed E-state index contributed by atoms with van der Waals surface area (Å²) in [5.74, 6) is 0. The molecule has 0 saturated heterocycles. The summed E-state index contributed by atoms with van der Waals surface area (Å²) in [5, 5.41) is 3.32. The highest BCUT2D eigenvalue weighted by atomic mass is 32.2. The van der Waals surface area contributed by atoms with Gasteiger partial charge in [0.15, 0.2) is 0 Å². The van der Waals surface area contributed by atoms with Gasteiger partial charge in [0.25, 0.3) is 0 Å². The number of allylic oxidation sites excluding steroid dienone is 2. The van der Waals surface area contributed by atoms with E-state index < -0.39 is 9.84 Å². The molecule has 1 heterocycles. The standard InChI is InChI=1S/C18H17NO2S/c1-13-17(15-9-5-3-6-10-15)19-18(14(2)22(13,20)21)16-11-7-4-8-12-16/h3-12,19H,1-2H3. The maximum Gasteiger partial charge on any atom is 0.202 e. The number of sulfone groups is 1. The van der Waals surface area contributed by atoms with Crippen LogP contribution in [0.2, 0.25) is 0 Å². The van der Waals surface area contributed by atoms with E-state index in [1.807, 2.05) is 60.7 Å². The molecule has 1 aliphatic rings. The van der Waals surface area contributed by atoms with E-state index in [2.05, 4.69) is 5.32 Å². The van der Waals surface area contributed by atoms with Crippen molar-refractivity contribution in [3.63, 3.8) is 0 Å². The lowest BCUT2D eigenvalue weighted by atomic mass is 10.1. The zero-order chi connectivity index (χ0) is 15.7. The lowest BCUT2D eigenvalue weighted by molar-refractivity contribution is 0.607. The lowest BCUT2D eigenvalue weighted by Gasteiger charge is -2.25. The van der Waals surface area contributed by atoms with E-state index in [0.717, 1.165) is 11.1 Å². The average molecular weight is 311 g/mol. The number of benzene rings is 2. The van der Waals surface area contributed by atoms with Gasteiger partial charge < -0.3 is 5.32 Å². The maximum atomic E-state index is 12.7. The molecule has 0 saturated carbocycles. The van der Waals surface area contributed by atoms with E-state index in [1.54, 1.807) is 13.8 Å². The van der Waals surface area contributed by atoms with Crippen LogP contribution in [0, 0.1) is 0 Å². The Morgan fingerprint density at radius 1 is 0.682 bits per heavy atom. The van der Waals surface area contributed by atoms with E-state index in [4.69, 9.17) is 0 Å². The molecule has 0 fully saturated rings. The van der Waals surface area contributed by atoms with Crippen LogP contribution in [0.25, 0.3) is 11.4 Å².